The Labute approximate surface area is 172 Å². The standard InChI is InChI=1S/C21H17Cl3N2O/c22-16-17-18(20(23)12-5-6-13(9-12)21(20,24)19(16)27)26-15-8-11-4-2-1-3-10(11)7-14(15)25-17/h5-8,12-13,27H,1-4,9H2/t12-,13+,20?,21?/m0/s1. The molecule has 1 saturated carbocycles. The lowest BCUT2D eigenvalue weighted by Crippen LogP contribution is -2.51. The molecule has 1 aromatic carbocycles. The van der Waals surface area contributed by atoms with E-state index in [9.17, 15) is 5.11 Å². The monoisotopic (exact) mass is 418 g/mol. The van der Waals surface area contributed by atoms with Gasteiger partial charge < -0.3 is 5.11 Å². The quantitative estimate of drug-likeness (QED) is 0.446. The van der Waals surface area contributed by atoms with Crippen LogP contribution in [-0.4, -0.2) is 19.9 Å². The molecular formula is C21H17Cl3N2O. The van der Waals surface area contributed by atoms with Gasteiger partial charge in [0.05, 0.1) is 16.7 Å². The molecule has 1 heterocycles. The summed E-state index contributed by atoms with van der Waals surface area (Å²) < 4.78 is 0. The minimum atomic E-state index is -1.17. The molecule has 4 aliphatic rings. The second-order valence-corrected chi connectivity index (χ2v) is 9.73. The van der Waals surface area contributed by atoms with Crippen molar-refractivity contribution >= 4 is 50.9 Å². The highest BCUT2D eigenvalue weighted by Gasteiger charge is 2.71. The molecule has 0 radical (unpaired) electrons. The summed E-state index contributed by atoms with van der Waals surface area (Å²) in [7, 11) is 0. The number of fused-ring (bicyclic) bond motifs is 9. The number of aliphatic hydroxyl groups excluding tert-OH is 1. The summed E-state index contributed by atoms with van der Waals surface area (Å²) in [4.78, 5) is 7.53. The molecule has 4 atom stereocenters. The maximum atomic E-state index is 10.9. The van der Waals surface area contributed by atoms with Crippen LogP contribution in [0.25, 0.3) is 16.1 Å². The predicted octanol–water partition coefficient (Wildman–Crippen LogP) is 5.61. The van der Waals surface area contributed by atoms with Crippen molar-refractivity contribution < 1.29 is 5.11 Å². The Hall–Kier alpha value is -1.29. The molecule has 0 aliphatic heterocycles. The second kappa shape index (κ2) is 5.20. The number of aryl methyl sites for hydroxylation is 2. The average Bonchev–Trinajstić information content (AvgIpc) is 3.25. The molecule has 0 amide bonds. The van der Waals surface area contributed by atoms with E-state index in [1.807, 2.05) is 6.08 Å². The van der Waals surface area contributed by atoms with E-state index in [0.29, 0.717) is 11.4 Å². The van der Waals surface area contributed by atoms with Crippen molar-refractivity contribution in [3.8, 4) is 0 Å². The van der Waals surface area contributed by atoms with E-state index < -0.39 is 9.75 Å². The minimum Gasteiger partial charge on any atom is -0.509 e. The highest BCUT2D eigenvalue weighted by Crippen LogP contribution is 2.69. The predicted molar refractivity (Wildman–Crippen MR) is 108 cm³/mol. The zero-order valence-electron chi connectivity index (χ0n) is 14.5. The SMILES string of the molecule is OC1=C(Cl)c2nc3cc4c(cc3nc2C2(Cl)[C@H]3C=C[C@H](C3)C12Cl)CCCC4. The second-order valence-electron chi connectivity index (χ2n) is 8.16. The first-order valence-electron chi connectivity index (χ1n) is 9.44. The summed E-state index contributed by atoms with van der Waals surface area (Å²) in [5, 5.41) is 11.1. The number of aromatic nitrogens is 2. The van der Waals surface area contributed by atoms with Gasteiger partial charge in [-0.3, -0.25) is 0 Å². The summed E-state index contributed by atoms with van der Waals surface area (Å²) in [6.07, 6.45) is 9.46. The van der Waals surface area contributed by atoms with Gasteiger partial charge in [0.2, 0.25) is 0 Å². The average molecular weight is 420 g/mol. The van der Waals surface area contributed by atoms with Crippen molar-refractivity contribution in [3.05, 3.63) is 52.6 Å². The zero-order chi connectivity index (χ0) is 18.6. The molecule has 4 aliphatic carbocycles. The van der Waals surface area contributed by atoms with Crippen LogP contribution in [0.4, 0.5) is 0 Å². The molecule has 27 heavy (non-hydrogen) atoms. The number of allylic oxidation sites excluding steroid dienone is 3. The topological polar surface area (TPSA) is 46.0 Å². The van der Waals surface area contributed by atoms with Gasteiger partial charge >= 0.3 is 0 Å². The lowest BCUT2D eigenvalue weighted by Gasteiger charge is -2.45. The maximum absolute atomic E-state index is 10.9. The Morgan fingerprint density at radius 3 is 2.19 bits per heavy atom. The van der Waals surface area contributed by atoms with Gasteiger partial charge in [0, 0.05) is 11.8 Å². The first-order valence-corrected chi connectivity index (χ1v) is 10.6. The Morgan fingerprint density at radius 2 is 1.52 bits per heavy atom. The lowest BCUT2D eigenvalue weighted by atomic mass is 9.74. The van der Waals surface area contributed by atoms with Crippen LogP contribution in [0.15, 0.2) is 30.0 Å². The minimum absolute atomic E-state index is 0.00305. The fourth-order valence-corrected chi connectivity index (χ4v) is 6.83. The summed E-state index contributed by atoms with van der Waals surface area (Å²) >= 11 is 20.8. The fraction of sp³-hybridized carbons (Fsp3) is 0.429. The number of alkyl halides is 2. The number of benzene rings is 1. The number of aliphatic hydroxyl groups is 1. The van der Waals surface area contributed by atoms with Crippen molar-refractivity contribution in [2.45, 2.75) is 41.9 Å². The number of rotatable bonds is 0. The third-order valence-electron chi connectivity index (χ3n) is 6.87. The highest BCUT2D eigenvalue weighted by molar-refractivity contribution is 6.51. The lowest BCUT2D eigenvalue weighted by molar-refractivity contribution is 0.282. The first kappa shape index (κ1) is 16.6. The van der Waals surface area contributed by atoms with Gasteiger partial charge in [-0.25, -0.2) is 9.97 Å². The molecular weight excluding hydrogens is 403 g/mol. The van der Waals surface area contributed by atoms with Crippen molar-refractivity contribution in [3.63, 3.8) is 0 Å². The summed E-state index contributed by atoms with van der Waals surface area (Å²) in [5.41, 5.74) is 5.36. The van der Waals surface area contributed by atoms with Crippen LogP contribution in [0.1, 0.15) is 41.8 Å². The molecule has 138 valence electrons. The molecule has 2 aromatic rings. The van der Waals surface area contributed by atoms with Crippen molar-refractivity contribution in [1.82, 2.24) is 9.97 Å². The van der Waals surface area contributed by atoms with E-state index in [0.717, 1.165) is 30.3 Å². The molecule has 0 spiro atoms. The molecule has 2 bridgehead atoms. The van der Waals surface area contributed by atoms with E-state index in [2.05, 4.69) is 18.2 Å². The van der Waals surface area contributed by atoms with Crippen LogP contribution in [0.5, 0.6) is 0 Å². The Bertz CT molecular complexity index is 1090. The molecule has 2 unspecified atom stereocenters. The van der Waals surface area contributed by atoms with Crippen molar-refractivity contribution in [1.29, 1.82) is 0 Å². The number of hydrogen-bond donors (Lipinski definition) is 1. The molecule has 1 N–H and O–H groups in total. The van der Waals surface area contributed by atoms with E-state index >= 15 is 0 Å². The van der Waals surface area contributed by atoms with Crippen LogP contribution in [-0.2, 0) is 17.7 Å². The largest absolute Gasteiger partial charge is 0.509 e. The first-order chi connectivity index (χ1) is 12.9. The third-order valence-corrected chi connectivity index (χ3v) is 8.84. The summed E-state index contributed by atoms with van der Waals surface area (Å²) in [6.45, 7) is 0. The van der Waals surface area contributed by atoms with Gasteiger partial charge in [0.25, 0.3) is 0 Å². The van der Waals surface area contributed by atoms with Gasteiger partial charge in [-0.05, 0) is 55.4 Å². The van der Waals surface area contributed by atoms with Gasteiger partial charge in [-0.1, -0.05) is 23.8 Å². The molecule has 3 nitrogen and oxygen atoms in total. The molecule has 1 aromatic heterocycles. The van der Waals surface area contributed by atoms with Gasteiger partial charge in [-0.2, -0.15) is 0 Å². The Kier molecular flexibility index (Phi) is 3.20. The molecule has 0 saturated heterocycles. The van der Waals surface area contributed by atoms with Crippen LogP contribution in [0.3, 0.4) is 0 Å². The molecule has 1 fully saturated rings. The zero-order valence-corrected chi connectivity index (χ0v) is 16.7. The highest BCUT2D eigenvalue weighted by atomic mass is 35.5. The fourth-order valence-electron chi connectivity index (χ4n) is 5.49. The normalized spacial score (nSPS) is 36.1. The van der Waals surface area contributed by atoms with Crippen LogP contribution >= 0.6 is 34.8 Å². The van der Waals surface area contributed by atoms with Crippen molar-refractivity contribution in [2.75, 3.05) is 0 Å². The van der Waals surface area contributed by atoms with E-state index in [1.165, 1.54) is 24.0 Å². The van der Waals surface area contributed by atoms with Crippen molar-refractivity contribution in [2.24, 2.45) is 11.8 Å². The van der Waals surface area contributed by atoms with Crippen LogP contribution in [0, 0.1) is 11.8 Å². The molecule has 6 rings (SSSR count). The maximum Gasteiger partial charge on any atom is 0.137 e. The van der Waals surface area contributed by atoms with Gasteiger partial charge in [0.15, 0.2) is 0 Å². The van der Waals surface area contributed by atoms with Crippen LogP contribution < -0.4 is 0 Å². The van der Waals surface area contributed by atoms with Gasteiger partial charge in [0.1, 0.15) is 26.2 Å². The van der Waals surface area contributed by atoms with E-state index in [1.54, 1.807) is 0 Å². The Balaban J connectivity index is 1.68. The summed E-state index contributed by atoms with van der Waals surface area (Å²) in [5.74, 6) is -0.141. The van der Waals surface area contributed by atoms with E-state index in [-0.39, 0.29) is 22.6 Å². The third kappa shape index (κ3) is 1.82. The smallest absolute Gasteiger partial charge is 0.137 e. The van der Waals surface area contributed by atoms with E-state index in [4.69, 9.17) is 44.8 Å². The Morgan fingerprint density at radius 1 is 0.926 bits per heavy atom. The molecule has 6 heteroatoms. The number of hydrogen-bond acceptors (Lipinski definition) is 3. The van der Waals surface area contributed by atoms with Crippen LogP contribution in [0.2, 0.25) is 0 Å². The number of nitrogens with zero attached hydrogens (tertiary/aromatic N) is 2. The van der Waals surface area contributed by atoms with Gasteiger partial charge in [-0.15, -0.1) is 23.2 Å². The summed E-state index contributed by atoms with van der Waals surface area (Å²) in [6, 6.07) is 4.25. The number of halogens is 3.